The zero-order valence-electron chi connectivity index (χ0n) is 12.7. The molecule has 2 fully saturated rings. The van der Waals surface area contributed by atoms with Crippen LogP contribution in [-0.4, -0.2) is 18.1 Å². The zero-order chi connectivity index (χ0) is 14.8. The number of ether oxygens (including phenoxy) is 1. The van der Waals surface area contributed by atoms with Crippen LogP contribution in [0, 0.1) is 5.92 Å². The van der Waals surface area contributed by atoms with Crippen LogP contribution in [-0.2, 0) is 11.3 Å². The molecule has 0 radical (unpaired) electrons. The number of hydrogen-bond donors (Lipinski definition) is 1. The molecule has 1 aromatic heterocycles. The van der Waals surface area contributed by atoms with Crippen LogP contribution in [0.5, 0.6) is 0 Å². The van der Waals surface area contributed by atoms with Crippen molar-refractivity contribution < 1.29 is 4.74 Å². The predicted molar refractivity (Wildman–Crippen MR) is 89.0 cm³/mol. The topological polar surface area (TPSA) is 34.1 Å². The van der Waals surface area contributed by atoms with Gasteiger partial charge in [-0.3, -0.25) is 0 Å². The fourth-order valence-electron chi connectivity index (χ4n) is 3.16. The van der Waals surface area contributed by atoms with Crippen molar-refractivity contribution in [3.63, 3.8) is 0 Å². The van der Waals surface area contributed by atoms with E-state index in [9.17, 15) is 0 Å². The molecule has 0 amide bonds. The van der Waals surface area contributed by atoms with Crippen LogP contribution in [0.2, 0.25) is 0 Å². The van der Waals surface area contributed by atoms with Crippen LogP contribution >= 0.6 is 11.3 Å². The van der Waals surface area contributed by atoms with Crippen molar-refractivity contribution in [2.45, 2.75) is 37.8 Å². The highest BCUT2D eigenvalue weighted by Gasteiger charge is 2.29. The molecular weight excluding hydrogens is 292 g/mol. The first kappa shape index (κ1) is 14.4. The Labute approximate surface area is 135 Å². The molecule has 0 unspecified atom stereocenters. The Bertz CT molecular complexity index is 609. The Morgan fingerprint density at radius 2 is 2.05 bits per heavy atom. The predicted octanol–water partition coefficient (Wildman–Crippen LogP) is 3.89. The highest BCUT2D eigenvalue weighted by Crippen LogP contribution is 2.41. The second kappa shape index (κ2) is 6.49. The second-order valence-electron chi connectivity index (χ2n) is 6.32. The molecule has 4 rings (SSSR count). The quantitative estimate of drug-likeness (QED) is 0.878. The minimum atomic E-state index is 0.247. The van der Waals surface area contributed by atoms with Crippen molar-refractivity contribution in [1.82, 2.24) is 10.3 Å². The lowest BCUT2D eigenvalue weighted by atomic mass is 9.95. The molecule has 1 aliphatic carbocycles. The fourth-order valence-corrected chi connectivity index (χ4v) is 4.21. The van der Waals surface area contributed by atoms with Gasteiger partial charge in [-0.25, -0.2) is 4.98 Å². The van der Waals surface area contributed by atoms with Gasteiger partial charge in [0.15, 0.2) is 0 Å². The first-order valence-electron chi connectivity index (χ1n) is 8.22. The van der Waals surface area contributed by atoms with Crippen molar-refractivity contribution in [2.75, 3.05) is 13.2 Å². The van der Waals surface area contributed by atoms with E-state index < -0.39 is 0 Å². The summed E-state index contributed by atoms with van der Waals surface area (Å²) in [6, 6.07) is 10.6. The number of aromatic nitrogens is 1. The standard InChI is InChI=1S/C18H22N2OS/c1-2-4-13(5-3-1)17-15(8-9-21-17)10-19-11-16-12-20-18(22-16)14-6-7-14/h1-5,12,14-15,17,19H,6-11H2/t15-,17-/m1/s1. The van der Waals surface area contributed by atoms with E-state index in [0.717, 1.165) is 32.0 Å². The molecule has 22 heavy (non-hydrogen) atoms. The molecule has 2 atom stereocenters. The number of rotatable bonds is 6. The van der Waals surface area contributed by atoms with E-state index in [0.29, 0.717) is 5.92 Å². The van der Waals surface area contributed by atoms with Crippen molar-refractivity contribution in [3.8, 4) is 0 Å². The van der Waals surface area contributed by atoms with E-state index in [1.54, 1.807) is 0 Å². The van der Waals surface area contributed by atoms with Gasteiger partial charge < -0.3 is 10.1 Å². The largest absolute Gasteiger partial charge is 0.373 e. The lowest BCUT2D eigenvalue weighted by Crippen LogP contribution is -2.24. The van der Waals surface area contributed by atoms with Gasteiger partial charge >= 0.3 is 0 Å². The van der Waals surface area contributed by atoms with Gasteiger partial charge in [0.05, 0.1) is 11.1 Å². The van der Waals surface area contributed by atoms with Gasteiger partial charge in [-0.2, -0.15) is 0 Å². The molecule has 1 aliphatic heterocycles. The van der Waals surface area contributed by atoms with Crippen molar-refractivity contribution in [2.24, 2.45) is 5.92 Å². The first-order valence-corrected chi connectivity index (χ1v) is 9.03. The molecule has 116 valence electrons. The molecule has 2 aromatic rings. The molecule has 0 spiro atoms. The molecule has 4 heteroatoms. The Morgan fingerprint density at radius 3 is 2.86 bits per heavy atom. The molecule has 1 saturated heterocycles. The van der Waals surface area contributed by atoms with Gasteiger partial charge in [0, 0.05) is 42.6 Å². The average Bonchev–Trinajstić information content (AvgIpc) is 3.12. The van der Waals surface area contributed by atoms with Crippen molar-refractivity contribution in [3.05, 3.63) is 52.0 Å². The minimum Gasteiger partial charge on any atom is -0.373 e. The molecule has 2 aliphatic rings. The van der Waals surface area contributed by atoms with Gasteiger partial charge in [0.25, 0.3) is 0 Å². The van der Waals surface area contributed by atoms with Crippen LogP contribution in [0.4, 0.5) is 0 Å². The van der Waals surface area contributed by atoms with Gasteiger partial charge in [-0.05, 0) is 24.8 Å². The Hall–Kier alpha value is -1.23. The highest BCUT2D eigenvalue weighted by atomic mass is 32.1. The zero-order valence-corrected chi connectivity index (χ0v) is 13.5. The summed E-state index contributed by atoms with van der Waals surface area (Å²) >= 11 is 1.88. The SMILES string of the molecule is c1ccc([C@H]2OCC[C@@H]2CNCc2cnc(C3CC3)s2)cc1. The van der Waals surface area contributed by atoms with Gasteiger partial charge in [-0.1, -0.05) is 30.3 Å². The molecule has 3 nitrogen and oxygen atoms in total. The second-order valence-corrected chi connectivity index (χ2v) is 7.47. The third-order valence-corrected chi connectivity index (χ3v) is 5.71. The number of nitrogens with one attached hydrogen (secondary N) is 1. The molecule has 1 saturated carbocycles. The highest BCUT2D eigenvalue weighted by molar-refractivity contribution is 7.11. The third kappa shape index (κ3) is 3.24. The minimum absolute atomic E-state index is 0.247. The number of hydrogen-bond acceptors (Lipinski definition) is 4. The van der Waals surface area contributed by atoms with Crippen LogP contribution in [0.15, 0.2) is 36.5 Å². The molecular formula is C18H22N2OS. The lowest BCUT2D eigenvalue weighted by molar-refractivity contribution is 0.0904. The van der Waals surface area contributed by atoms with E-state index >= 15 is 0 Å². The first-order chi connectivity index (χ1) is 10.9. The maximum Gasteiger partial charge on any atom is 0.0959 e. The Balaban J connectivity index is 1.30. The van der Waals surface area contributed by atoms with E-state index in [4.69, 9.17) is 4.74 Å². The molecule has 2 heterocycles. The summed E-state index contributed by atoms with van der Waals surface area (Å²) in [5.74, 6) is 1.34. The van der Waals surface area contributed by atoms with Crippen LogP contribution in [0.3, 0.4) is 0 Å². The monoisotopic (exact) mass is 314 g/mol. The maximum absolute atomic E-state index is 5.95. The smallest absolute Gasteiger partial charge is 0.0959 e. The molecule has 0 bridgehead atoms. The molecule has 1 aromatic carbocycles. The van der Waals surface area contributed by atoms with Crippen LogP contribution in [0.1, 0.15) is 46.7 Å². The average molecular weight is 314 g/mol. The van der Waals surface area contributed by atoms with Gasteiger partial charge in [0.2, 0.25) is 0 Å². The number of nitrogens with zero attached hydrogens (tertiary/aromatic N) is 1. The Morgan fingerprint density at radius 1 is 1.18 bits per heavy atom. The summed E-state index contributed by atoms with van der Waals surface area (Å²) in [4.78, 5) is 5.90. The van der Waals surface area contributed by atoms with E-state index in [-0.39, 0.29) is 6.10 Å². The summed E-state index contributed by atoms with van der Waals surface area (Å²) in [6.45, 7) is 2.82. The normalized spacial score (nSPS) is 24.7. The Kier molecular flexibility index (Phi) is 4.24. The maximum atomic E-state index is 5.95. The van der Waals surface area contributed by atoms with Gasteiger partial charge in [-0.15, -0.1) is 11.3 Å². The van der Waals surface area contributed by atoms with Crippen LogP contribution < -0.4 is 5.32 Å². The molecule has 1 N–H and O–H groups in total. The van der Waals surface area contributed by atoms with E-state index in [1.165, 1.54) is 28.3 Å². The third-order valence-electron chi connectivity index (χ3n) is 4.55. The lowest BCUT2D eigenvalue weighted by Gasteiger charge is -2.19. The summed E-state index contributed by atoms with van der Waals surface area (Å²) in [5, 5.41) is 4.94. The summed E-state index contributed by atoms with van der Waals surface area (Å²) in [5.41, 5.74) is 1.31. The van der Waals surface area contributed by atoms with Crippen molar-refractivity contribution in [1.29, 1.82) is 0 Å². The summed E-state index contributed by atoms with van der Waals surface area (Å²) in [6.07, 6.45) is 6.10. The van der Waals surface area contributed by atoms with Crippen molar-refractivity contribution >= 4 is 11.3 Å². The number of thiazole rings is 1. The summed E-state index contributed by atoms with van der Waals surface area (Å²) in [7, 11) is 0. The van der Waals surface area contributed by atoms with Crippen LogP contribution in [0.25, 0.3) is 0 Å². The fraction of sp³-hybridized carbons (Fsp3) is 0.500. The number of benzene rings is 1. The van der Waals surface area contributed by atoms with E-state index in [1.807, 2.05) is 17.5 Å². The van der Waals surface area contributed by atoms with Gasteiger partial charge in [0.1, 0.15) is 0 Å². The van der Waals surface area contributed by atoms with E-state index in [2.05, 4.69) is 40.6 Å². The summed E-state index contributed by atoms with van der Waals surface area (Å²) < 4.78 is 5.95.